The molecule has 1 saturated heterocycles. The van der Waals surface area contributed by atoms with Gasteiger partial charge in [-0.3, -0.25) is 0 Å². The standard InChI is InChI=1S/C26H37N3O3.HI/c1-3-27-26(29-16-14-25(15-17-29)31-19-7-18-30-2)28-20-22-10-12-23(13-11-22)21-32-24-8-5-4-6-9-24;/h4-6,8-13,25H,3,7,14-21H2,1-2H3,(H,27,28);1H. The Morgan fingerprint density at radius 1 is 1.00 bits per heavy atom. The normalized spacial score (nSPS) is 14.6. The third kappa shape index (κ3) is 9.90. The van der Waals surface area contributed by atoms with Crippen LogP contribution in [0, 0.1) is 0 Å². The van der Waals surface area contributed by atoms with Crippen LogP contribution in [0.3, 0.4) is 0 Å². The van der Waals surface area contributed by atoms with Gasteiger partial charge >= 0.3 is 0 Å². The highest BCUT2D eigenvalue weighted by atomic mass is 127. The van der Waals surface area contributed by atoms with Gasteiger partial charge in [-0.1, -0.05) is 42.5 Å². The summed E-state index contributed by atoms with van der Waals surface area (Å²) in [4.78, 5) is 7.23. The SMILES string of the molecule is CCNC(=NCc1ccc(COc2ccccc2)cc1)N1CCC(OCCCOC)CC1.I. The maximum absolute atomic E-state index is 5.98. The van der Waals surface area contributed by atoms with Crippen LogP contribution in [-0.4, -0.2) is 56.9 Å². The fourth-order valence-electron chi connectivity index (χ4n) is 3.70. The summed E-state index contributed by atoms with van der Waals surface area (Å²) >= 11 is 0. The average molecular weight is 568 g/mol. The lowest BCUT2D eigenvalue weighted by molar-refractivity contribution is 0.00990. The van der Waals surface area contributed by atoms with Gasteiger partial charge in [0.2, 0.25) is 0 Å². The number of halogens is 1. The highest BCUT2D eigenvalue weighted by Gasteiger charge is 2.21. The zero-order valence-electron chi connectivity index (χ0n) is 19.9. The smallest absolute Gasteiger partial charge is 0.194 e. The number of guanidine groups is 1. The van der Waals surface area contributed by atoms with E-state index in [0.717, 1.165) is 69.4 Å². The molecule has 33 heavy (non-hydrogen) atoms. The first-order valence-electron chi connectivity index (χ1n) is 11.7. The minimum absolute atomic E-state index is 0. The summed E-state index contributed by atoms with van der Waals surface area (Å²) in [6.45, 7) is 7.68. The van der Waals surface area contributed by atoms with E-state index in [0.29, 0.717) is 19.3 Å². The molecule has 0 aliphatic carbocycles. The van der Waals surface area contributed by atoms with E-state index in [2.05, 4.69) is 41.4 Å². The van der Waals surface area contributed by atoms with Gasteiger partial charge in [-0.15, -0.1) is 24.0 Å². The number of methoxy groups -OCH3 is 1. The lowest BCUT2D eigenvalue weighted by Crippen LogP contribution is -2.47. The molecule has 7 heteroatoms. The Bertz CT molecular complexity index is 794. The Labute approximate surface area is 215 Å². The molecule has 0 spiro atoms. The van der Waals surface area contributed by atoms with Crippen molar-refractivity contribution >= 4 is 29.9 Å². The van der Waals surface area contributed by atoms with Gasteiger partial charge < -0.3 is 24.4 Å². The van der Waals surface area contributed by atoms with Gasteiger partial charge in [-0.2, -0.15) is 0 Å². The van der Waals surface area contributed by atoms with Crippen molar-refractivity contribution in [3.05, 3.63) is 65.7 Å². The molecule has 1 N–H and O–H groups in total. The summed E-state index contributed by atoms with van der Waals surface area (Å²) in [6, 6.07) is 18.4. The molecule has 0 radical (unpaired) electrons. The van der Waals surface area contributed by atoms with Crippen LogP contribution < -0.4 is 10.1 Å². The van der Waals surface area contributed by atoms with Crippen molar-refractivity contribution in [3.8, 4) is 5.75 Å². The zero-order valence-corrected chi connectivity index (χ0v) is 22.2. The molecular weight excluding hydrogens is 529 g/mol. The van der Waals surface area contributed by atoms with Crippen LogP contribution in [0.25, 0.3) is 0 Å². The highest BCUT2D eigenvalue weighted by molar-refractivity contribution is 14.0. The topological polar surface area (TPSA) is 55.3 Å². The van der Waals surface area contributed by atoms with E-state index >= 15 is 0 Å². The van der Waals surface area contributed by atoms with E-state index in [-0.39, 0.29) is 24.0 Å². The predicted octanol–water partition coefficient (Wildman–Crippen LogP) is 4.87. The molecule has 0 bridgehead atoms. The van der Waals surface area contributed by atoms with Crippen LogP contribution in [0.1, 0.15) is 37.3 Å². The Morgan fingerprint density at radius 3 is 2.36 bits per heavy atom. The first kappa shape index (κ1) is 27.4. The molecule has 0 amide bonds. The third-order valence-corrected chi connectivity index (χ3v) is 5.51. The van der Waals surface area contributed by atoms with Crippen molar-refractivity contribution in [2.75, 3.05) is 40.0 Å². The number of hydrogen-bond donors (Lipinski definition) is 1. The second-order valence-corrected chi connectivity index (χ2v) is 7.99. The van der Waals surface area contributed by atoms with E-state index in [1.165, 1.54) is 5.56 Å². The van der Waals surface area contributed by atoms with Crippen LogP contribution in [-0.2, 0) is 22.6 Å². The number of benzene rings is 2. The second-order valence-electron chi connectivity index (χ2n) is 7.99. The molecule has 1 aliphatic heterocycles. The summed E-state index contributed by atoms with van der Waals surface area (Å²) in [5.41, 5.74) is 2.35. The number of nitrogens with one attached hydrogen (secondary N) is 1. The largest absolute Gasteiger partial charge is 0.489 e. The second kappa shape index (κ2) is 15.9. The lowest BCUT2D eigenvalue weighted by atomic mass is 10.1. The molecule has 3 rings (SSSR count). The number of aliphatic imine (C=N–C) groups is 1. The van der Waals surface area contributed by atoms with Gasteiger partial charge in [0.1, 0.15) is 12.4 Å². The van der Waals surface area contributed by atoms with Crippen molar-refractivity contribution < 1.29 is 14.2 Å². The molecule has 0 atom stereocenters. The summed E-state index contributed by atoms with van der Waals surface area (Å²) in [5, 5.41) is 3.45. The maximum Gasteiger partial charge on any atom is 0.194 e. The van der Waals surface area contributed by atoms with Crippen LogP contribution >= 0.6 is 24.0 Å². The summed E-state index contributed by atoms with van der Waals surface area (Å²) in [7, 11) is 1.73. The lowest BCUT2D eigenvalue weighted by Gasteiger charge is -2.34. The minimum Gasteiger partial charge on any atom is -0.489 e. The van der Waals surface area contributed by atoms with Crippen molar-refractivity contribution in [3.63, 3.8) is 0 Å². The molecule has 6 nitrogen and oxygen atoms in total. The van der Waals surface area contributed by atoms with Gasteiger partial charge in [0.15, 0.2) is 5.96 Å². The minimum atomic E-state index is 0. The van der Waals surface area contributed by atoms with Gasteiger partial charge in [0.05, 0.1) is 12.6 Å². The van der Waals surface area contributed by atoms with E-state index in [1.807, 2.05) is 30.3 Å². The van der Waals surface area contributed by atoms with Crippen molar-refractivity contribution in [2.45, 2.75) is 45.4 Å². The third-order valence-electron chi connectivity index (χ3n) is 5.51. The summed E-state index contributed by atoms with van der Waals surface area (Å²) in [5.74, 6) is 1.88. The van der Waals surface area contributed by atoms with Gasteiger partial charge in [0.25, 0.3) is 0 Å². The Hall–Kier alpha value is -1.84. The molecule has 0 aromatic heterocycles. The molecular formula is C26H38IN3O3. The fourth-order valence-corrected chi connectivity index (χ4v) is 3.70. The van der Waals surface area contributed by atoms with Gasteiger partial charge in [-0.05, 0) is 49.4 Å². The van der Waals surface area contributed by atoms with Crippen LogP contribution in [0.2, 0.25) is 0 Å². The average Bonchev–Trinajstić information content (AvgIpc) is 2.85. The zero-order chi connectivity index (χ0) is 22.4. The Kier molecular flexibility index (Phi) is 13.2. The molecule has 182 valence electrons. The summed E-state index contributed by atoms with van der Waals surface area (Å²) < 4.78 is 16.9. The maximum atomic E-state index is 5.98. The first-order chi connectivity index (χ1) is 15.8. The quantitative estimate of drug-likeness (QED) is 0.182. The van der Waals surface area contributed by atoms with E-state index in [1.54, 1.807) is 7.11 Å². The van der Waals surface area contributed by atoms with Crippen LogP contribution in [0.4, 0.5) is 0 Å². The first-order valence-corrected chi connectivity index (χ1v) is 11.7. The molecule has 2 aromatic rings. The molecule has 2 aromatic carbocycles. The summed E-state index contributed by atoms with van der Waals surface area (Å²) in [6.07, 6.45) is 3.37. The highest BCUT2D eigenvalue weighted by Crippen LogP contribution is 2.15. The number of piperidine rings is 1. The molecule has 1 fully saturated rings. The number of nitrogens with zero attached hydrogens (tertiary/aromatic N) is 2. The molecule has 1 aliphatic rings. The van der Waals surface area contributed by atoms with Crippen LogP contribution in [0.15, 0.2) is 59.6 Å². The van der Waals surface area contributed by atoms with Crippen LogP contribution in [0.5, 0.6) is 5.75 Å². The van der Waals surface area contributed by atoms with Crippen molar-refractivity contribution in [1.29, 1.82) is 0 Å². The molecule has 0 unspecified atom stereocenters. The van der Waals surface area contributed by atoms with Crippen molar-refractivity contribution in [1.82, 2.24) is 10.2 Å². The number of likely N-dealkylation sites (tertiary alicyclic amines) is 1. The van der Waals surface area contributed by atoms with E-state index in [9.17, 15) is 0 Å². The number of ether oxygens (including phenoxy) is 3. The van der Waals surface area contributed by atoms with E-state index < -0.39 is 0 Å². The van der Waals surface area contributed by atoms with E-state index in [4.69, 9.17) is 19.2 Å². The molecule has 1 heterocycles. The predicted molar refractivity (Wildman–Crippen MR) is 144 cm³/mol. The molecule has 0 saturated carbocycles. The number of rotatable bonds is 11. The number of hydrogen-bond acceptors (Lipinski definition) is 4. The van der Waals surface area contributed by atoms with Gasteiger partial charge in [-0.25, -0.2) is 4.99 Å². The van der Waals surface area contributed by atoms with Crippen molar-refractivity contribution in [2.24, 2.45) is 4.99 Å². The Morgan fingerprint density at radius 2 is 1.70 bits per heavy atom. The monoisotopic (exact) mass is 567 g/mol. The fraction of sp³-hybridized carbons (Fsp3) is 0.500. The van der Waals surface area contributed by atoms with Gasteiger partial charge in [0, 0.05) is 40.0 Å². The Balaban J connectivity index is 0.00000385. The number of para-hydroxylation sites is 1.